The summed E-state index contributed by atoms with van der Waals surface area (Å²) in [5.74, 6) is -6.41. The molecule has 1 aliphatic carbocycles. The molecule has 3 unspecified atom stereocenters. The molecule has 22 heteroatoms. The fourth-order valence-electron chi connectivity index (χ4n) is 9.32. The van der Waals surface area contributed by atoms with Gasteiger partial charge in [-0.25, -0.2) is 0 Å². The molecule has 5 rings (SSSR count). The molecule has 0 radical (unpaired) electrons. The minimum absolute atomic E-state index is 0.0801. The number of Topliss-reactive ketones (excluding diaryl/α,β-unsaturated/α-hetero) is 1. The summed E-state index contributed by atoms with van der Waals surface area (Å²) in [6.45, 7) is 11.9. The topological polar surface area (TPSA) is 270 Å². The first kappa shape index (κ1) is 56.5. The van der Waals surface area contributed by atoms with Crippen molar-refractivity contribution in [3.63, 3.8) is 0 Å². The van der Waals surface area contributed by atoms with E-state index in [1.165, 1.54) is 0 Å². The average Bonchev–Trinajstić information content (AvgIpc) is 3.63. The van der Waals surface area contributed by atoms with Crippen molar-refractivity contribution in [1.82, 2.24) is 26.2 Å². The normalized spacial score (nSPS) is 18.4. The van der Waals surface area contributed by atoms with E-state index in [-0.39, 0.29) is 41.5 Å². The monoisotopic (exact) mass is 1040 g/mol. The molecule has 0 bridgehead atoms. The number of benzene rings is 2. The van der Waals surface area contributed by atoms with Crippen LogP contribution in [0.3, 0.4) is 0 Å². The van der Waals surface area contributed by atoms with Crippen LogP contribution in [-0.4, -0.2) is 116 Å². The fourth-order valence-corrected chi connectivity index (χ4v) is 10.7. The van der Waals surface area contributed by atoms with Crippen LogP contribution in [0.25, 0.3) is 0 Å². The minimum Gasteiger partial charge on any atom is -0.372 e. The van der Waals surface area contributed by atoms with Crippen molar-refractivity contribution in [2.45, 2.75) is 116 Å². The summed E-state index contributed by atoms with van der Waals surface area (Å²) in [7, 11) is -7.85. The second-order valence-corrected chi connectivity index (χ2v) is 22.5. The van der Waals surface area contributed by atoms with Crippen LogP contribution in [0.2, 0.25) is 0 Å². The molecule has 2 aromatic rings. The molecule has 0 fully saturated rings. The quantitative estimate of drug-likeness (QED) is 0.0163. The Morgan fingerprint density at radius 1 is 0.831 bits per heavy atom. The van der Waals surface area contributed by atoms with E-state index in [4.69, 9.17) is 0 Å². The van der Waals surface area contributed by atoms with E-state index >= 15 is 0 Å². The number of rotatable bonds is 26. The highest BCUT2D eigenvalue weighted by Gasteiger charge is 2.47. The maximum absolute atomic E-state index is 14.6. The molecule has 0 saturated carbocycles. The van der Waals surface area contributed by atoms with Crippen molar-refractivity contribution in [3.05, 3.63) is 94.4 Å². The predicted octanol–water partition coefficient (Wildman–Crippen LogP) is 4.26. The SMILES string of the molecule is CCCCCN1/C(=C/C2=C(NC(CS(=O)(=O)O)C(=O)NCC(=O)NC(CS(=O)(=O)O)C(=O)NCC(C)CCCCCC(=O)ONS)C(=C/C3=[N+](C)c4ccccc4C3(C)C)/C2=O)C(C)(C)c2ccccc21. The van der Waals surface area contributed by atoms with Crippen LogP contribution in [0.5, 0.6) is 0 Å². The second kappa shape index (κ2) is 23.9. The third kappa shape index (κ3) is 14.4. The highest BCUT2D eigenvalue weighted by atomic mass is 32.2. The Labute approximate surface area is 422 Å². The number of para-hydroxylation sites is 2. The zero-order chi connectivity index (χ0) is 52.5. The lowest BCUT2D eigenvalue weighted by molar-refractivity contribution is -0.401. The van der Waals surface area contributed by atoms with Crippen LogP contribution in [0.15, 0.2) is 83.2 Å². The van der Waals surface area contributed by atoms with Crippen LogP contribution in [0, 0.1) is 5.92 Å². The van der Waals surface area contributed by atoms with E-state index in [0.29, 0.717) is 32.2 Å². The zero-order valence-electron chi connectivity index (χ0n) is 41.3. The Morgan fingerprint density at radius 2 is 1.46 bits per heavy atom. The standard InChI is InChI=1S/C49H67N7O12S3/c1-8-9-17-24-56-39-22-16-14-20-35(39)49(5,6)41(56)26-33-44(32(45(33)59)25-40-48(3,4)34-19-13-15-21-38(34)55(40)7)53-37(30-71(65,66)67)47(61)51-28-42(57)52-36(29-70(62,63)64)46(60)50-27-31(2)18-11-10-12-23-43(58)68-54-69/h13-16,19-22,25-26,31,36-37,54,69H,8-12,17-18,23-24,27-30H2,1-7H3,(H5-,50,51,52,53,57,59,60,61,62,63,64,65,66,67)/p+1. The lowest BCUT2D eigenvalue weighted by atomic mass is 9.77. The lowest BCUT2D eigenvalue weighted by Crippen LogP contribution is -2.55. The highest BCUT2D eigenvalue weighted by Crippen LogP contribution is 2.49. The van der Waals surface area contributed by atoms with Crippen LogP contribution in [-0.2, 0) is 59.9 Å². The average molecular weight is 1040 g/mol. The summed E-state index contributed by atoms with van der Waals surface area (Å²) in [6, 6.07) is 12.2. The molecule has 2 aromatic carbocycles. The Morgan fingerprint density at radius 3 is 2.11 bits per heavy atom. The Balaban J connectivity index is 1.41. The van der Waals surface area contributed by atoms with Gasteiger partial charge >= 0.3 is 5.97 Å². The summed E-state index contributed by atoms with van der Waals surface area (Å²) in [5.41, 5.74) is 4.77. The maximum atomic E-state index is 14.6. The first-order chi connectivity index (χ1) is 33.3. The van der Waals surface area contributed by atoms with Gasteiger partial charge in [-0.15, -0.1) is 0 Å². The number of fused-ring (bicyclic) bond motifs is 2. The number of hydrogen-bond donors (Lipinski definition) is 8. The fraction of sp³-hybridized carbons (Fsp3) is 0.510. The number of ketones is 1. The Hall–Kier alpha value is -5.39. The third-order valence-electron chi connectivity index (χ3n) is 13.1. The van der Waals surface area contributed by atoms with Crippen LogP contribution in [0.1, 0.15) is 104 Å². The predicted molar refractivity (Wildman–Crippen MR) is 273 cm³/mol. The van der Waals surface area contributed by atoms with Crippen molar-refractivity contribution in [3.8, 4) is 0 Å². The molecule has 3 aliphatic rings. The van der Waals surface area contributed by atoms with Gasteiger partial charge in [-0.3, -0.25) is 33.1 Å². The molecule has 19 nitrogen and oxygen atoms in total. The summed E-state index contributed by atoms with van der Waals surface area (Å²) in [5, 5.41) is 10.0. The molecule has 388 valence electrons. The van der Waals surface area contributed by atoms with Gasteiger partial charge in [-0.2, -0.15) is 21.4 Å². The third-order valence-corrected chi connectivity index (χ3v) is 14.7. The molecule has 0 saturated heterocycles. The van der Waals surface area contributed by atoms with Gasteiger partial charge in [0.2, 0.25) is 23.4 Å². The number of nitrogens with zero attached hydrogens (tertiary/aromatic N) is 2. The van der Waals surface area contributed by atoms with Gasteiger partial charge in [-0.1, -0.05) is 107 Å². The summed E-state index contributed by atoms with van der Waals surface area (Å²) >= 11 is 3.60. The van der Waals surface area contributed by atoms with Crippen molar-refractivity contribution >= 4 is 79.6 Å². The molecule has 0 spiro atoms. The molecule has 2 aliphatic heterocycles. The van der Waals surface area contributed by atoms with E-state index in [1.54, 1.807) is 12.2 Å². The van der Waals surface area contributed by atoms with E-state index in [0.717, 1.165) is 53.2 Å². The molecule has 0 aromatic heterocycles. The van der Waals surface area contributed by atoms with E-state index in [2.05, 4.69) is 64.6 Å². The number of hydrogen-bond acceptors (Lipinski definition) is 14. The largest absolute Gasteiger partial charge is 0.372 e. The molecular formula is C49H68N7O12S3+. The van der Waals surface area contributed by atoms with E-state index in [9.17, 15) is 49.9 Å². The van der Waals surface area contributed by atoms with Gasteiger partial charge in [0.25, 0.3) is 20.2 Å². The van der Waals surface area contributed by atoms with Crippen LogP contribution in [0.4, 0.5) is 11.4 Å². The summed E-state index contributed by atoms with van der Waals surface area (Å²) in [4.78, 5) is 75.3. The number of carbonyl (C=O) groups is 5. The molecule has 7 N–H and O–H groups in total. The van der Waals surface area contributed by atoms with Crippen LogP contribution < -0.4 is 31.1 Å². The molecule has 3 atom stereocenters. The number of amides is 3. The zero-order valence-corrected chi connectivity index (χ0v) is 43.9. The van der Waals surface area contributed by atoms with Crippen LogP contribution >= 0.6 is 12.8 Å². The lowest BCUT2D eigenvalue weighted by Gasteiger charge is -2.32. The van der Waals surface area contributed by atoms with Gasteiger partial charge < -0.3 is 31.0 Å². The Kier molecular flexibility index (Phi) is 19.0. The molecule has 3 amide bonds. The van der Waals surface area contributed by atoms with Gasteiger partial charge in [0, 0.05) is 59.6 Å². The molecular weight excluding hydrogens is 975 g/mol. The number of allylic oxidation sites excluding steroid dienone is 5. The second-order valence-electron chi connectivity index (χ2n) is 19.3. The minimum atomic E-state index is -4.91. The van der Waals surface area contributed by atoms with Gasteiger partial charge in [-0.05, 0) is 56.7 Å². The van der Waals surface area contributed by atoms with Gasteiger partial charge in [0.15, 0.2) is 11.5 Å². The van der Waals surface area contributed by atoms with Crippen molar-refractivity contribution in [2.75, 3.05) is 43.1 Å². The van der Waals surface area contributed by atoms with Crippen molar-refractivity contribution < 1.29 is 59.3 Å². The van der Waals surface area contributed by atoms with Crippen molar-refractivity contribution in [1.29, 1.82) is 0 Å². The van der Waals surface area contributed by atoms with Crippen molar-refractivity contribution in [2.24, 2.45) is 5.92 Å². The highest BCUT2D eigenvalue weighted by molar-refractivity contribution is 7.86. The number of nitrogens with one attached hydrogen (secondary N) is 5. The number of anilines is 1. The smallest absolute Gasteiger partial charge is 0.325 e. The number of unbranched alkanes of at least 4 members (excludes halogenated alkanes) is 4. The molecule has 2 heterocycles. The first-order valence-electron chi connectivity index (χ1n) is 23.7. The number of thiol groups is 1. The maximum Gasteiger partial charge on any atom is 0.325 e. The summed E-state index contributed by atoms with van der Waals surface area (Å²) in [6.07, 6.45) is 9.06. The van der Waals surface area contributed by atoms with E-state index < -0.39 is 84.9 Å². The van der Waals surface area contributed by atoms with E-state index in [1.807, 2.05) is 85.8 Å². The van der Waals surface area contributed by atoms with Gasteiger partial charge in [0.05, 0.1) is 23.2 Å². The van der Waals surface area contributed by atoms with Gasteiger partial charge in [0.1, 0.15) is 30.6 Å². The number of carbonyl (C=O) groups excluding carboxylic acids is 5. The molecule has 71 heavy (non-hydrogen) atoms. The summed E-state index contributed by atoms with van der Waals surface area (Å²) < 4.78 is 70.8. The first-order valence-corrected chi connectivity index (χ1v) is 27.4. The Bertz CT molecular complexity index is 2730.